The maximum atomic E-state index is 6.08. The van der Waals surface area contributed by atoms with Crippen molar-refractivity contribution in [3.63, 3.8) is 0 Å². The smallest absolute Gasteiger partial charge is 0.154 e. The first-order valence-electron chi connectivity index (χ1n) is 5.75. The summed E-state index contributed by atoms with van der Waals surface area (Å²) in [5, 5.41) is 3.59. The number of nitrogens with two attached hydrogens (primary N) is 1. The highest BCUT2D eigenvalue weighted by Gasteiger charge is 2.10. The largest absolute Gasteiger partial charge is 0.382 e. The Kier molecular flexibility index (Phi) is 3.67. The van der Waals surface area contributed by atoms with Crippen LogP contribution in [0.5, 0.6) is 0 Å². The van der Waals surface area contributed by atoms with Crippen molar-refractivity contribution in [1.29, 1.82) is 0 Å². The lowest BCUT2D eigenvalue weighted by atomic mass is 10.1. The molecule has 1 heterocycles. The van der Waals surface area contributed by atoms with Gasteiger partial charge in [0.1, 0.15) is 17.2 Å². The van der Waals surface area contributed by atoms with Crippen molar-refractivity contribution in [3.05, 3.63) is 40.7 Å². The molecular formula is C13H15ClN4. The normalized spacial score (nSPS) is 10.4. The van der Waals surface area contributed by atoms with Gasteiger partial charge in [0.15, 0.2) is 5.82 Å². The van der Waals surface area contributed by atoms with Crippen LogP contribution in [0.4, 0.5) is 17.3 Å². The fraction of sp³-hybridized carbons (Fsp3) is 0.231. The molecule has 0 spiro atoms. The van der Waals surface area contributed by atoms with Gasteiger partial charge < -0.3 is 11.1 Å². The Morgan fingerprint density at radius 3 is 2.83 bits per heavy atom. The summed E-state index contributed by atoms with van der Waals surface area (Å²) in [5.41, 5.74) is 9.04. The van der Waals surface area contributed by atoms with Gasteiger partial charge in [-0.15, -0.1) is 0 Å². The highest BCUT2D eigenvalue weighted by Crippen LogP contribution is 2.30. The number of hydrogen-bond acceptors (Lipinski definition) is 4. The maximum Gasteiger partial charge on any atom is 0.154 e. The number of hydrogen-bond donors (Lipinski definition) is 2. The van der Waals surface area contributed by atoms with Crippen molar-refractivity contribution in [3.8, 4) is 0 Å². The second-order valence-electron chi connectivity index (χ2n) is 4.01. The van der Waals surface area contributed by atoms with Crippen molar-refractivity contribution >= 4 is 28.9 Å². The minimum absolute atomic E-state index is 0.279. The third-order valence-electron chi connectivity index (χ3n) is 2.80. The molecule has 0 aliphatic rings. The molecule has 0 bridgehead atoms. The van der Waals surface area contributed by atoms with Crippen molar-refractivity contribution in [2.45, 2.75) is 20.3 Å². The summed E-state index contributed by atoms with van der Waals surface area (Å²) in [6.45, 7) is 4.15. The van der Waals surface area contributed by atoms with Gasteiger partial charge in [0.2, 0.25) is 0 Å². The van der Waals surface area contributed by atoms with Crippen molar-refractivity contribution in [1.82, 2.24) is 9.97 Å². The fourth-order valence-electron chi connectivity index (χ4n) is 1.79. The van der Waals surface area contributed by atoms with Gasteiger partial charge in [-0.25, -0.2) is 9.97 Å². The predicted molar refractivity (Wildman–Crippen MR) is 75.3 cm³/mol. The number of nitrogens with one attached hydrogen (secondary N) is 1. The first-order chi connectivity index (χ1) is 8.63. The first-order valence-corrected chi connectivity index (χ1v) is 6.12. The van der Waals surface area contributed by atoms with Gasteiger partial charge >= 0.3 is 0 Å². The number of nitrogen functional groups attached to an aromatic ring is 1. The summed E-state index contributed by atoms with van der Waals surface area (Å²) in [6, 6.07) is 6.16. The summed E-state index contributed by atoms with van der Waals surface area (Å²) in [4.78, 5) is 7.96. The molecule has 0 fully saturated rings. The number of aryl methyl sites for hydroxylation is 2. The van der Waals surface area contributed by atoms with E-state index in [1.54, 1.807) is 0 Å². The molecule has 0 aliphatic heterocycles. The van der Waals surface area contributed by atoms with Crippen LogP contribution in [-0.4, -0.2) is 9.97 Å². The molecule has 1 aromatic carbocycles. The van der Waals surface area contributed by atoms with E-state index < -0.39 is 0 Å². The van der Waals surface area contributed by atoms with Gasteiger partial charge in [-0.05, 0) is 24.5 Å². The molecule has 2 aromatic rings. The fourth-order valence-corrected chi connectivity index (χ4v) is 1.94. The highest BCUT2D eigenvalue weighted by atomic mass is 35.5. The maximum absolute atomic E-state index is 6.08. The monoisotopic (exact) mass is 262 g/mol. The van der Waals surface area contributed by atoms with Crippen molar-refractivity contribution in [2.75, 3.05) is 11.1 Å². The van der Waals surface area contributed by atoms with Gasteiger partial charge in [-0.1, -0.05) is 36.7 Å². The second kappa shape index (κ2) is 5.23. The molecule has 3 N–H and O–H groups in total. The van der Waals surface area contributed by atoms with E-state index in [1.807, 2.05) is 19.1 Å². The highest BCUT2D eigenvalue weighted by molar-refractivity contribution is 6.35. The Hall–Kier alpha value is -1.81. The minimum Gasteiger partial charge on any atom is -0.382 e. The van der Waals surface area contributed by atoms with Crippen LogP contribution in [0.2, 0.25) is 5.02 Å². The SMILES string of the molecule is CCc1cccc(C)c1Nc1ncnc(N)c1Cl. The summed E-state index contributed by atoms with van der Waals surface area (Å²) in [6.07, 6.45) is 2.33. The van der Waals surface area contributed by atoms with Crippen molar-refractivity contribution < 1.29 is 0 Å². The summed E-state index contributed by atoms with van der Waals surface area (Å²) < 4.78 is 0. The van der Waals surface area contributed by atoms with Gasteiger partial charge in [0, 0.05) is 5.69 Å². The summed E-state index contributed by atoms with van der Waals surface area (Å²) >= 11 is 6.08. The Morgan fingerprint density at radius 1 is 1.33 bits per heavy atom. The van der Waals surface area contributed by atoms with Crippen LogP contribution in [0.15, 0.2) is 24.5 Å². The molecule has 0 atom stereocenters. The number of nitrogens with zero attached hydrogens (tertiary/aromatic N) is 2. The molecule has 0 radical (unpaired) electrons. The molecule has 18 heavy (non-hydrogen) atoms. The third kappa shape index (κ3) is 2.38. The molecule has 5 heteroatoms. The van der Waals surface area contributed by atoms with Gasteiger partial charge in [-0.3, -0.25) is 0 Å². The Balaban J connectivity index is 2.43. The molecular weight excluding hydrogens is 248 g/mol. The van der Waals surface area contributed by atoms with Crippen LogP contribution >= 0.6 is 11.6 Å². The molecule has 0 aliphatic carbocycles. The Labute approximate surface area is 111 Å². The van der Waals surface area contributed by atoms with E-state index >= 15 is 0 Å². The first kappa shape index (κ1) is 12.6. The number of rotatable bonds is 3. The molecule has 0 saturated carbocycles. The van der Waals surface area contributed by atoms with E-state index in [0.717, 1.165) is 17.7 Å². The summed E-state index contributed by atoms with van der Waals surface area (Å²) in [5.74, 6) is 0.814. The quantitative estimate of drug-likeness (QED) is 0.891. The third-order valence-corrected chi connectivity index (χ3v) is 3.17. The lowest BCUT2D eigenvalue weighted by Crippen LogP contribution is -2.03. The zero-order valence-corrected chi connectivity index (χ0v) is 11.1. The number of para-hydroxylation sites is 1. The average molecular weight is 263 g/mol. The number of anilines is 3. The van der Waals surface area contributed by atoms with E-state index in [-0.39, 0.29) is 5.82 Å². The minimum atomic E-state index is 0.279. The lowest BCUT2D eigenvalue weighted by Gasteiger charge is -2.14. The number of aromatic nitrogens is 2. The standard InChI is InChI=1S/C13H15ClN4/c1-3-9-6-4-5-8(2)11(9)18-13-10(14)12(15)16-7-17-13/h4-7H,3H2,1-2H3,(H3,15,16,17,18). The van der Waals surface area contributed by atoms with Gasteiger partial charge in [0.25, 0.3) is 0 Å². The predicted octanol–water partition coefficient (Wildman–Crippen LogP) is 3.33. The second-order valence-corrected chi connectivity index (χ2v) is 4.39. The van der Waals surface area contributed by atoms with E-state index in [1.165, 1.54) is 11.9 Å². The number of benzene rings is 1. The molecule has 0 unspecified atom stereocenters. The zero-order chi connectivity index (χ0) is 13.1. The van der Waals surface area contributed by atoms with E-state index in [9.17, 15) is 0 Å². The lowest BCUT2D eigenvalue weighted by molar-refractivity contribution is 1.12. The molecule has 94 valence electrons. The Morgan fingerprint density at radius 2 is 2.11 bits per heavy atom. The van der Waals surface area contributed by atoms with Crippen LogP contribution in [0.1, 0.15) is 18.1 Å². The summed E-state index contributed by atoms with van der Waals surface area (Å²) in [7, 11) is 0. The van der Waals surface area contributed by atoms with Crippen LogP contribution < -0.4 is 11.1 Å². The Bertz CT molecular complexity index is 569. The van der Waals surface area contributed by atoms with E-state index in [2.05, 4.69) is 28.3 Å². The topological polar surface area (TPSA) is 63.8 Å². The van der Waals surface area contributed by atoms with Crippen LogP contribution in [0.25, 0.3) is 0 Å². The van der Waals surface area contributed by atoms with Gasteiger partial charge in [0.05, 0.1) is 0 Å². The molecule has 0 amide bonds. The van der Waals surface area contributed by atoms with Crippen LogP contribution in [0.3, 0.4) is 0 Å². The molecule has 2 rings (SSSR count). The van der Waals surface area contributed by atoms with E-state index in [4.69, 9.17) is 17.3 Å². The van der Waals surface area contributed by atoms with Gasteiger partial charge in [-0.2, -0.15) is 0 Å². The van der Waals surface area contributed by atoms with Crippen LogP contribution in [-0.2, 0) is 6.42 Å². The van der Waals surface area contributed by atoms with Crippen molar-refractivity contribution in [2.24, 2.45) is 0 Å². The zero-order valence-electron chi connectivity index (χ0n) is 10.4. The van der Waals surface area contributed by atoms with Crippen LogP contribution in [0, 0.1) is 6.92 Å². The van der Waals surface area contributed by atoms with E-state index in [0.29, 0.717) is 10.8 Å². The molecule has 1 aromatic heterocycles. The number of halogens is 1. The molecule has 4 nitrogen and oxygen atoms in total. The molecule has 0 saturated heterocycles. The average Bonchev–Trinajstić information content (AvgIpc) is 2.37.